The monoisotopic (exact) mass is 464 g/mol. The molecule has 0 saturated heterocycles. The third-order valence-electron chi connectivity index (χ3n) is 5.24. The van der Waals surface area contributed by atoms with E-state index in [4.69, 9.17) is 4.74 Å². The van der Waals surface area contributed by atoms with Gasteiger partial charge in [0.25, 0.3) is 0 Å². The van der Waals surface area contributed by atoms with Crippen LogP contribution in [0.4, 0.5) is 0 Å². The summed E-state index contributed by atoms with van der Waals surface area (Å²) in [6.45, 7) is 15.9. The molecule has 3 N–H and O–H groups in total. The van der Waals surface area contributed by atoms with Gasteiger partial charge in [0.1, 0.15) is 11.5 Å². The normalized spacial score (nSPS) is 10.1. The summed E-state index contributed by atoms with van der Waals surface area (Å²) in [5.41, 5.74) is 5.34. The molecule has 0 aromatic heterocycles. The van der Waals surface area contributed by atoms with E-state index in [2.05, 4.69) is 34.3 Å². The summed E-state index contributed by atoms with van der Waals surface area (Å²) in [6, 6.07) is 16.9. The Kier molecular flexibility index (Phi) is 11.8. The van der Waals surface area contributed by atoms with Crippen LogP contribution in [0.1, 0.15) is 67.3 Å². The molecule has 0 radical (unpaired) electrons. The number of methoxy groups -OCH3 is 1. The second-order valence-corrected chi connectivity index (χ2v) is 8.93. The molecule has 0 atom stereocenters. The van der Waals surface area contributed by atoms with Crippen molar-refractivity contribution in [1.82, 2.24) is 0 Å². The van der Waals surface area contributed by atoms with Gasteiger partial charge in [-0.2, -0.15) is 0 Å². The average molecular weight is 465 g/mol. The van der Waals surface area contributed by atoms with Crippen molar-refractivity contribution in [3.05, 3.63) is 95.1 Å². The highest BCUT2D eigenvalue weighted by molar-refractivity contribution is 5.42. The number of benzene rings is 3. The van der Waals surface area contributed by atoms with Crippen LogP contribution in [0.3, 0.4) is 0 Å². The van der Waals surface area contributed by atoms with Crippen LogP contribution >= 0.6 is 0 Å². The van der Waals surface area contributed by atoms with Gasteiger partial charge in [-0.25, -0.2) is 0 Å². The van der Waals surface area contributed by atoms with Gasteiger partial charge in [0.05, 0.1) is 7.11 Å². The number of ether oxygens (including phenoxy) is 1. The van der Waals surface area contributed by atoms with Gasteiger partial charge in [0.2, 0.25) is 0 Å². The number of allylic oxidation sites excluding steroid dienone is 1. The van der Waals surface area contributed by atoms with E-state index < -0.39 is 0 Å². The van der Waals surface area contributed by atoms with Crippen LogP contribution in [0.5, 0.6) is 23.0 Å². The molecule has 0 fully saturated rings. The second-order valence-electron chi connectivity index (χ2n) is 8.93. The minimum atomic E-state index is 0.172. The average Bonchev–Trinajstić information content (AvgIpc) is 2.75. The van der Waals surface area contributed by atoms with E-state index in [0.29, 0.717) is 29.1 Å². The summed E-state index contributed by atoms with van der Waals surface area (Å²) in [5, 5.41) is 28.2. The Labute approximate surface area is 205 Å². The minimum Gasteiger partial charge on any atom is -0.508 e. The highest BCUT2D eigenvalue weighted by Crippen LogP contribution is 2.27. The van der Waals surface area contributed by atoms with Crippen LogP contribution < -0.4 is 4.74 Å². The van der Waals surface area contributed by atoms with Crippen molar-refractivity contribution in [2.24, 2.45) is 0 Å². The summed E-state index contributed by atoms with van der Waals surface area (Å²) >= 11 is 0. The summed E-state index contributed by atoms with van der Waals surface area (Å²) in [5.74, 6) is 2.31. The molecule has 0 unspecified atom stereocenters. The first-order valence-corrected chi connectivity index (χ1v) is 11.6. The van der Waals surface area contributed by atoms with E-state index in [1.165, 1.54) is 7.11 Å². The quantitative estimate of drug-likeness (QED) is 0.337. The maximum atomic E-state index is 9.46. The van der Waals surface area contributed by atoms with Gasteiger partial charge >= 0.3 is 0 Å². The van der Waals surface area contributed by atoms with E-state index in [9.17, 15) is 15.3 Å². The molecule has 0 spiro atoms. The maximum absolute atomic E-state index is 9.46. The van der Waals surface area contributed by atoms with Crippen molar-refractivity contribution in [2.75, 3.05) is 7.11 Å². The summed E-state index contributed by atoms with van der Waals surface area (Å²) < 4.78 is 4.95. The molecule has 0 bridgehead atoms. The van der Waals surface area contributed by atoms with Gasteiger partial charge in [-0.15, -0.1) is 6.58 Å². The maximum Gasteiger partial charge on any atom is 0.160 e. The molecule has 0 amide bonds. The SMILES string of the molecule is C=CCc1ccc(O)c(OC)c1.Cc1ccc(C(C)C)c(O)c1.Cc1ccc(C(C)C)c(O)c1. The third-order valence-corrected chi connectivity index (χ3v) is 5.24. The molecule has 34 heavy (non-hydrogen) atoms. The van der Waals surface area contributed by atoms with Crippen molar-refractivity contribution in [3.8, 4) is 23.0 Å². The third kappa shape index (κ3) is 9.22. The summed E-state index contributed by atoms with van der Waals surface area (Å²) in [6.07, 6.45) is 2.60. The van der Waals surface area contributed by atoms with Crippen molar-refractivity contribution in [3.63, 3.8) is 0 Å². The molecular weight excluding hydrogens is 424 g/mol. The second kappa shape index (κ2) is 14.0. The summed E-state index contributed by atoms with van der Waals surface area (Å²) in [7, 11) is 1.53. The molecule has 0 saturated carbocycles. The molecular formula is C30H40O4. The zero-order valence-corrected chi connectivity index (χ0v) is 21.6. The van der Waals surface area contributed by atoms with Crippen molar-refractivity contribution in [1.29, 1.82) is 0 Å². The van der Waals surface area contributed by atoms with Gasteiger partial charge in [-0.3, -0.25) is 0 Å². The van der Waals surface area contributed by atoms with Crippen LogP contribution in [0.25, 0.3) is 0 Å². The highest BCUT2D eigenvalue weighted by atomic mass is 16.5. The Balaban J connectivity index is 0.000000255. The first-order valence-electron chi connectivity index (χ1n) is 11.6. The molecule has 4 heteroatoms. The smallest absolute Gasteiger partial charge is 0.160 e. The number of phenols is 3. The van der Waals surface area contributed by atoms with Crippen LogP contribution in [0.2, 0.25) is 0 Å². The van der Waals surface area contributed by atoms with E-state index >= 15 is 0 Å². The lowest BCUT2D eigenvalue weighted by molar-refractivity contribution is 0.373. The largest absolute Gasteiger partial charge is 0.508 e. The fraction of sp³-hybridized carbons (Fsp3) is 0.333. The van der Waals surface area contributed by atoms with Gasteiger partial charge in [0, 0.05) is 0 Å². The first kappa shape index (κ1) is 28.6. The van der Waals surface area contributed by atoms with Gasteiger partial charge < -0.3 is 20.1 Å². The van der Waals surface area contributed by atoms with E-state index in [1.54, 1.807) is 24.3 Å². The molecule has 0 aliphatic rings. The van der Waals surface area contributed by atoms with E-state index in [-0.39, 0.29) is 5.75 Å². The lowest BCUT2D eigenvalue weighted by atomic mass is 10.0. The Morgan fingerprint density at radius 3 is 1.56 bits per heavy atom. The fourth-order valence-corrected chi connectivity index (χ4v) is 3.30. The predicted molar refractivity (Wildman–Crippen MR) is 142 cm³/mol. The Bertz CT molecular complexity index is 996. The number of aromatic hydroxyl groups is 3. The van der Waals surface area contributed by atoms with Gasteiger partial charge in [-0.1, -0.05) is 64.1 Å². The Hall–Kier alpha value is -3.40. The zero-order valence-electron chi connectivity index (χ0n) is 21.6. The molecule has 0 heterocycles. The van der Waals surface area contributed by atoms with E-state index in [1.807, 2.05) is 50.3 Å². The molecule has 0 aliphatic heterocycles. The minimum absolute atomic E-state index is 0.172. The highest BCUT2D eigenvalue weighted by Gasteiger charge is 2.05. The number of aryl methyl sites for hydroxylation is 2. The number of rotatable bonds is 5. The predicted octanol–water partition coefficient (Wildman–Crippen LogP) is 7.78. The van der Waals surface area contributed by atoms with Gasteiger partial charge in [0.15, 0.2) is 11.5 Å². The molecule has 184 valence electrons. The lowest BCUT2D eigenvalue weighted by Crippen LogP contribution is -1.87. The zero-order chi connectivity index (χ0) is 25.8. The van der Waals surface area contributed by atoms with Crippen LogP contribution in [0, 0.1) is 13.8 Å². The lowest BCUT2D eigenvalue weighted by Gasteiger charge is -2.07. The fourth-order valence-electron chi connectivity index (χ4n) is 3.30. The van der Waals surface area contributed by atoms with Crippen molar-refractivity contribution in [2.45, 2.75) is 59.8 Å². The topological polar surface area (TPSA) is 69.9 Å². The molecule has 0 aliphatic carbocycles. The number of hydrogen-bond acceptors (Lipinski definition) is 4. The van der Waals surface area contributed by atoms with Crippen LogP contribution in [-0.2, 0) is 6.42 Å². The standard InChI is InChI=1S/C10H12O2.2C10H14O/c1-3-4-8-5-6-9(11)10(7-8)12-2;2*1-7(2)9-5-4-8(3)6-10(9)11/h3,5-7,11H,1,4H2,2H3;2*4-7,11H,1-3H3. The molecule has 3 rings (SSSR count). The molecule has 3 aromatic carbocycles. The van der Waals surface area contributed by atoms with Crippen molar-refractivity contribution >= 4 is 0 Å². The molecule has 4 nitrogen and oxygen atoms in total. The van der Waals surface area contributed by atoms with Gasteiger partial charge in [-0.05, 0) is 84.2 Å². The van der Waals surface area contributed by atoms with Crippen molar-refractivity contribution < 1.29 is 20.1 Å². The number of hydrogen-bond donors (Lipinski definition) is 3. The Morgan fingerprint density at radius 2 is 1.21 bits per heavy atom. The Morgan fingerprint density at radius 1 is 0.735 bits per heavy atom. The first-order chi connectivity index (χ1) is 16.0. The van der Waals surface area contributed by atoms with E-state index in [0.717, 1.165) is 34.2 Å². The van der Waals surface area contributed by atoms with Crippen LogP contribution in [0.15, 0.2) is 67.3 Å². The van der Waals surface area contributed by atoms with Crippen LogP contribution in [-0.4, -0.2) is 22.4 Å². The molecule has 3 aromatic rings. The summed E-state index contributed by atoms with van der Waals surface area (Å²) in [4.78, 5) is 0. The number of phenolic OH excluding ortho intramolecular Hbond substituents is 3.